The fourth-order valence-electron chi connectivity index (χ4n) is 1.88. The zero-order chi connectivity index (χ0) is 14.5. The van der Waals surface area contributed by atoms with Crippen LogP contribution in [0.2, 0.25) is 5.02 Å². The lowest BCUT2D eigenvalue weighted by molar-refractivity contribution is 0.0951. The first-order chi connectivity index (χ1) is 9.63. The van der Waals surface area contributed by atoms with Gasteiger partial charge in [-0.1, -0.05) is 29.8 Å². The van der Waals surface area contributed by atoms with Gasteiger partial charge in [-0.05, 0) is 12.5 Å². The molecule has 0 aliphatic heterocycles. The number of nitrogens with one attached hydrogen (secondary N) is 1. The van der Waals surface area contributed by atoms with Crippen LogP contribution in [-0.2, 0) is 7.05 Å². The van der Waals surface area contributed by atoms with Gasteiger partial charge in [0, 0.05) is 32.0 Å². The number of aryl methyl sites for hydroxylation is 1. The van der Waals surface area contributed by atoms with E-state index < -0.39 is 0 Å². The SMILES string of the molecule is Cn1cc(C(=O)NCCCO)c(-c2ccccc2Cl)n1. The number of rotatable bonds is 5. The number of halogens is 1. The molecule has 1 heterocycles. The molecule has 5 nitrogen and oxygen atoms in total. The third-order valence-corrected chi connectivity index (χ3v) is 3.15. The zero-order valence-corrected chi connectivity index (χ0v) is 11.9. The minimum absolute atomic E-state index is 0.0463. The predicted octanol–water partition coefficient (Wildman–Crippen LogP) is 1.85. The summed E-state index contributed by atoms with van der Waals surface area (Å²) in [4.78, 5) is 12.1. The molecule has 0 spiro atoms. The summed E-state index contributed by atoms with van der Waals surface area (Å²) < 4.78 is 1.58. The number of carbonyl (C=O) groups is 1. The Morgan fingerprint density at radius 1 is 1.45 bits per heavy atom. The third-order valence-electron chi connectivity index (χ3n) is 2.82. The molecule has 1 aromatic heterocycles. The van der Waals surface area contributed by atoms with Crippen molar-refractivity contribution in [2.24, 2.45) is 7.05 Å². The highest BCUT2D eigenvalue weighted by Crippen LogP contribution is 2.28. The molecule has 0 radical (unpaired) electrons. The molecule has 0 aliphatic rings. The van der Waals surface area contributed by atoms with Crippen LogP contribution < -0.4 is 5.32 Å². The Morgan fingerprint density at radius 3 is 2.90 bits per heavy atom. The van der Waals surface area contributed by atoms with Gasteiger partial charge in [0.15, 0.2) is 0 Å². The Morgan fingerprint density at radius 2 is 2.20 bits per heavy atom. The molecular formula is C14H16ClN3O2. The third kappa shape index (κ3) is 3.18. The Labute approximate surface area is 122 Å². The van der Waals surface area contributed by atoms with Crippen LogP contribution in [0.25, 0.3) is 11.3 Å². The van der Waals surface area contributed by atoms with Crippen LogP contribution in [0.3, 0.4) is 0 Å². The van der Waals surface area contributed by atoms with E-state index in [1.54, 1.807) is 24.0 Å². The highest BCUT2D eigenvalue weighted by Gasteiger charge is 2.18. The quantitative estimate of drug-likeness (QED) is 0.827. The van der Waals surface area contributed by atoms with Crippen LogP contribution in [0.4, 0.5) is 0 Å². The Kier molecular flexibility index (Phi) is 4.76. The molecule has 0 saturated carbocycles. The molecule has 0 unspecified atom stereocenters. The van der Waals surface area contributed by atoms with Crippen molar-refractivity contribution < 1.29 is 9.90 Å². The zero-order valence-electron chi connectivity index (χ0n) is 11.1. The van der Waals surface area contributed by atoms with Crippen LogP contribution >= 0.6 is 11.6 Å². The standard InChI is InChI=1S/C14H16ClN3O2/c1-18-9-11(14(20)16-7-4-8-19)13(17-18)10-5-2-3-6-12(10)15/h2-3,5-6,9,19H,4,7-8H2,1H3,(H,16,20). The summed E-state index contributed by atoms with van der Waals surface area (Å²) in [6.07, 6.45) is 2.18. The minimum atomic E-state index is -0.221. The number of carbonyl (C=O) groups excluding carboxylic acids is 1. The topological polar surface area (TPSA) is 67.2 Å². The van der Waals surface area contributed by atoms with Gasteiger partial charge in [-0.3, -0.25) is 9.48 Å². The van der Waals surface area contributed by atoms with Crippen molar-refractivity contribution in [3.8, 4) is 11.3 Å². The first kappa shape index (κ1) is 14.6. The second-order valence-corrected chi connectivity index (χ2v) is 4.79. The van der Waals surface area contributed by atoms with Gasteiger partial charge in [-0.15, -0.1) is 0 Å². The average Bonchev–Trinajstić information content (AvgIpc) is 2.81. The average molecular weight is 294 g/mol. The number of nitrogens with zero attached hydrogens (tertiary/aromatic N) is 2. The monoisotopic (exact) mass is 293 g/mol. The van der Waals surface area contributed by atoms with E-state index >= 15 is 0 Å². The Bertz CT molecular complexity index is 610. The molecule has 0 fully saturated rings. The number of benzene rings is 1. The maximum atomic E-state index is 12.1. The van der Waals surface area contributed by atoms with Gasteiger partial charge in [0.2, 0.25) is 0 Å². The normalized spacial score (nSPS) is 10.6. The fourth-order valence-corrected chi connectivity index (χ4v) is 2.11. The lowest BCUT2D eigenvalue weighted by Gasteiger charge is -2.05. The molecule has 20 heavy (non-hydrogen) atoms. The van der Waals surface area contributed by atoms with Crippen molar-refractivity contribution >= 4 is 17.5 Å². The summed E-state index contributed by atoms with van der Waals surface area (Å²) >= 11 is 6.16. The lowest BCUT2D eigenvalue weighted by atomic mass is 10.1. The van der Waals surface area contributed by atoms with Gasteiger partial charge >= 0.3 is 0 Å². The van der Waals surface area contributed by atoms with Crippen molar-refractivity contribution in [3.63, 3.8) is 0 Å². The molecular weight excluding hydrogens is 278 g/mol. The van der Waals surface area contributed by atoms with E-state index in [1.807, 2.05) is 18.2 Å². The van der Waals surface area contributed by atoms with Gasteiger partial charge in [-0.2, -0.15) is 5.10 Å². The van der Waals surface area contributed by atoms with Gasteiger partial charge in [0.1, 0.15) is 5.69 Å². The molecule has 0 atom stereocenters. The van der Waals surface area contributed by atoms with Crippen LogP contribution in [0.15, 0.2) is 30.5 Å². The van der Waals surface area contributed by atoms with Crippen LogP contribution in [-0.4, -0.2) is 33.9 Å². The summed E-state index contributed by atoms with van der Waals surface area (Å²) in [6, 6.07) is 7.27. The molecule has 106 valence electrons. The van der Waals surface area contributed by atoms with Gasteiger partial charge in [0.25, 0.3) is 5.91 Å². The molecule has 2 N–H and O–H groups in total. The number of amides is 1. The van der Waals surface area contributed by atoms with Gasteiger partial charge in [0.05, 0.1) is 10.6 Å². The highest BCUT2D eigenvalue weighted by molar-refractivity contribution is 6.33. The molecule has 1 aromatic carbocycles. The number of aromatic nitrogens is 2. The molecule has 2 rings (SSSR count). The fraction of sp³-hybridized carbons (Fsp3) is 0.286. The maximum absolute atomic E-state index is 12.1. The summed E-state index contributed by atoms with van der Waals surface area (Å²) in [6.45, 7) is 0.469. The first-order valence-electron chi connectivity index (χ1n) is 6.31. The number of hydrogen-bond donors (Lipinski definition) is 2. The minimum Gasteiger partial charge on any atom is -0.396 e. The van der Waals surface area contributed by atoms with Crippen molar-refractivity contribution in [3.05, 3.63) is 41.0 Å². The molecule has 0 bridgehead atoms. The summed E-state index contributed by atoms with van der Waals surface area (Å²) in [5, 5.41) is 16.3. The second kappa shape index (κ2) is 6.54. The van der Waals surface area contributed by atoms with Gasteiger partial charge < -0.3 is 10.4 Å². The van der Waals surface area contributed by atoms with E-state index in [0.717, 1.165) is 5.56 Å². The number of aliphatic hydroxyl groups excluding tert-OH is 1. The maximum Gasteiger partial charge on any atom is 0.255 e. The van der Waals surface area contributed by atoms with Crippen LogP contribution in [0, 0.1) is 0 Å². The summed E-state index contributed by atoms with van der Waals surface area (Å²) in [5.74, 6) is -0.221. The van der Waals surface area contributed by atoms with E-state index in [0.29, 0.717) is 29.2 Å². The van der Waals surface area contributed by atoms with Crippen LogP contribution in [0.5, 0.6) is 0 Å². The van der Waals surface area contributed by atoms with E-state index in [4.69, 9.17) is 16.7 Å². The second-order valence-electron chi connectivity index (χ2n) is 4.38. The van der Waals surface area contributed by atoms with Crippen molar-refractivity contribution in [1.82, 2.24) is 15.1 Å². The molecule has 0 aliphatic carbocycles. The Hall–Kier alpha value is -1.85. The first-order valence-corrected chi connectivity index (χ1v) is 6.69. The largest absolute Gasteiger partial charge is 0.396 e. The Balaban J connectivity index is 2.31. The van der Waals surface area contributed by atoms with Crippen molar-refractivity contribution in [2.75, 3.05) is 13.2 Å². The van der Waals surface area contributed by atoms with E-state index in [-0.39, 0.29) is 12.5 Å². The van der Waals surface area contributed by atoms with E-state index in [1.165, 1.54) is 0 Å². The van der Waals surface area contributed by atoms with Crippen molar-refractivity contribution in [1.29, 1.82) is 0 Å². The summed E-state index contributed by atoms with van der Waals surface area (Å²) in [7, 11) is 1.75. The van der Waals surface area contributed by atoms with Crippen molar-refractivity contribution in [2.45, 2.75) is 6.42 Å². The highest BCUT2D eigenvalue weighted by atomic mass is 35.5. The smallest absolute Gasteiger partial charge is 0.255 e. The molecule has 6 heteroatoms. The number of aliphatic hydroxyl groups is 1. The van der Waals surface area contributed by atoms with Gasteiger partial charge in [-0.25, -0.2) is 0 Å². The summed E-state index contributed by atoms with van der Waals surface area (Å²) in [5.41, 5.74) is 1.75. The van der Waals surface area contributed by atoms with E-state index in [9.17, 15) is 4.79 Å². The molecule has 1 amide bonds. The molecule has 2 aromatic rings. The predicted molar refractivity (Wildman–Crippen MR) is 77.7 cm³/mol. The number of hydrogen-bond acceptors (Lipinski definition) is 3. The molecule has 0 saturated heterocycles. The lowest BCUT2D eigenvalue weighted by Crippen LogP contribution is -2.25. The van der Waals surface area contributed by atoms with Crippen LogP contribution in [0.1, 0.15) is 16.8 Å². The van der Waals surface area contributed by atoms with E-state index in [2.05, 4.69) is 10.4 Å².